The lowest BCUT2D eigenvalue weighted by atomic mass is 10.1. The van der Waals surface area contributed by atoms with Crippen molar-refractivity contribution < 1.29 is 23.4 Å². The number of benzene rings is 1. The van der Waals surface area contributed by atoms with Crippen molar-refractivity contribution in [1.29, 1.82) is 0 Å². The quantitative estimate of drug-likeness (QED) is 0.829. The number of aliphatic hydroxyl groups excluding tert-OH is 1. The highest BCUT2D eigenvalue weighted by molar-refractivity contribution is 5.74. The number of carbonyl (C=O) groups is 1. The first-order valence-corrected chi connectivity index (χ1v) is 6.06. The first-order valence-electron chi connectivity index (χ1n) is 6.06. The molecule has 0 aromatic heterocycles. The van der Waals surface area contributed by atoms with Crippen LogP contribution < -0.4 is 5.32 Å². The van der Waals surface area contributed by atoms with Gasteiger partial charge in [0.25, 0.3) is 0 Å². The van der Waals surface area contributed by atoms with Crippen LogP contribution in [0.25, 0.3) is 0 Å². The van der Waals surface area contributed by atoms with Gasteiger partial charge in [0.15, 0.2) is 11.6 Å². The van der Waals surface area contributed by atoms with Gasteiger partial charge in [0.2, 0.25) is 0 Å². The summed E-state index contributed by atoms with van der Waals surface area (Å²) in [5.41, 5.74) is 0.400. The molecule has 1 aromatic rings. The van der Waals surface area contributed by atoms with Gasteiger partial charge < -0.3 is 20.1 Å². The van der Waals surface area contributed by atoms with Crippen molar-refractivity contribution in [3.05, 3.63) is 35.4 Å². The smallest absolute Gasteiger partial charge is 0.317 e. The third-order valence-corrected chi connectivity index (χ3v) is 2.76. The fourth-order valence-corrected chi connectivity index (χ4v) is 1.63. The van der Waals surface area contributed by atoms with Crippen LogP contribution in [0, 0.1) is 11.6 Å². The first-order chi connectivity index (χ1) is 9.49. The van der Waals surface area contributed by atoms with Crippen LogP contribution in [0.15, 0.2) is 18.2 Å². The second-order valence-corrected chi connectivity index (χ2v) is 4.28. The Labute approximate surface area is 116 Å². The van der Waals surface area contributed by atoms with Crippen LogP contribution in [0.1, 0.15) is 11.6 Å². The lowest BCUT2D eigenvalue weighted by Gasteiger charge is -2.23. The number of ether oxygens (including phenoxy) is 1. The summed E-state index contributed by atoms with van der Waals surface area (Å²) in [4.78, 5) is 13.1. The van der Waals surface area contributed by atoms with Crippen LogP contribution >= 0.6 is 0 Å². The van der Waals surface area contributed by atoms with Gasteiger partial charge in [0.1, 0.15) is 0 Å². The predicted octanol–water partition coefficient (Wildman–Crippen LogP) is 1.29. The number of nitrogens with one attached hydrogen (secondary N) is 1. The summed E-state index contributed by atoms with van der Waals surface area (Å²) in [6, 6.07) is 2.35. The lowest BCUT2D eigenvalue weighted by Crippen LogP contribution is -2.41. The van der Waals surface area contributed by atoms with Crippen LogP contribution in [0.5, 0.6) is 0 Å². The lowest BCUT2D eigenvalue weighted by molar-refractivity contribution is 0.154. The van der Waals surface area contributed by atoms with Crippen molar-refractivity contribution >= 4 is 6.03 Å². The molecule has 0 aliphatic heterocycles. The summed E-state index contributed by atoms with van der Waals surface area (Å²) < 4.78 is 31.1. The van der Waals surface area contributed by atoms with Gasteiger partial charge >= 0.3 is 6.03 Å². The number of halogens is 2. The average Bonchev–Trinajstić information content (AvgIpc) is 2.41. The average molecular weight is 288 g/mol. The summed E-state index contributed by atoms with van der Waals surface area (Å²) in [6.45, 7) is 0.122. The Bertz CT molecular complexity index is 457. The molecule has 2 amide bonds. The normalized spacial score (nSPS) is 12.1. The Morgan fingerprint density at radius 3 is 2.70 bits per heavy atom. The van der Waals surface area contributed by atoms with E-state index in [1.165, 1.54) is 25.1 Å². The monoisotopic (exact) mass is 288 g/mol. The van der Waals surface area contributed by atoms with Crippen molar-refractivity contribution in [2.45, 2.75) is 6.04 Å². The molecule has 0 spiro atoms. The molecule has 0 bridgehead atoms. The molecule has 7 heteroatoms. The highest BCUT2D eigenvalue weighted by Crippen LogP contribution is 2.17. The second kappa shape index (κ2) is 7.76. The van der Waals surface area contributed by atoms with E-state index in [1.807, 2.05) is 0 Å². The zero-order chi connectivity index (χ0) is 15.1. The molecule has 2 N–H and O–H groups in total. The third-order valence-electron chi connectivity index (χ3n) is 2.76. The van der Waals surface area contributed by atoms with E-state index < -0.39 is 23.7 Å². The van der Waals surface area contributed by atoms with Crippen molar-refractivity contribution in [1.82, 2.24) is 10.2 Å². The summed E-state index contributed by atoms with van der Waals surface area (Å²) in [5.74, 6) is -1.93. The first kappa shape index (κ1) is 16.3. The van der Waals surface area contributed by atoms with E-state index >= 15 is 0 Å². The molecule has 0 saturated carbocycles. The Kier molecular flexibility index (Phi) is 6.33. The van der Waals surface area contributed by atoms with E-state index in [2.05, 4.69) is 5.32 Å². The highest BCUT2D eigenvalue weighted by atomic mass is 19.2. The van der Waals surface area contributed by atoms with Gasteiger partial charge in [0.05, 0.1) is 19.3 Å². The minimum atomic E-state index is -0.985. The predicted molar refractivity (Wildman–Crippen MR) is 69.2 cm³/mol. The maximum absolute atomic E-state index is 13.2. The fraction of sp³-hybridized carbons (Fsp3) is 0.462. The van der Waals surface area contributed by atoms with Crippen LogP contribution in [0.4, 0.5) is 13.6 Å². The number of methoxy groups -OCH3 is 1. The summed E-state index contributed by atoms with van der Waals surface area (Å²) in [5, 5.41) is 11.4. The van der Waals surface area contributed by atoms with E-state index in [9.17, 15) is 13.6 Å². The number of hydrogen-bond acceptors (Lipinski definition) is 3. The number of rotatable bonds is 6. The minimum Gasteiger partial charge on any atom is -0.395 e. The van der Waals surface area contributed by atoms with Crippen LogP contribution in [0.3, 0.4) is 0 Å². The zero-order valence-corrected chi connectivity index (χ0v) is 11.4. The minimum absolute atomic E-state index is 0.115. The number of hydrogen-bond donors (Lipinski definition) is 2. The molecule has 1 rings (SSSR count). The maximum Gasteiger partial charge on any atom is 0.317 e. The number of likely N-dealkylation sites (N-methyl/N-ethyl adjacent to an activating group) is 1. The van der Waals surface area contributed by atoms with Crippen LogP contribution in [0.2, 0.25) is 0 Å². The van der Waals surface area contributed by atoms with Crippen LogP contribution in [-0.4, -0.2) is 50.0 Å². The van der Waals surface area contributed by atoms with Gasteiger partial charge in [-0.1, -0.05) is 6.07 Å². The molecule has 0 aliphatic carbocycles. The summed E-state index contributed by atoms with van der Waals surface area (Å²) >= 11 is 0. The standard InChI is InChI=1S/C13H18F2N2O3/c1-17(5-6-18)13(19)16-12(8-20-2)9-3-4-10(14)11(15)7-9/h3-4,7,12,18H,5-6,8H2,1-2H3,(H,16,19). The molecule has 112 valence electrons. The molecule has 1 atom stereocenters. The van der Waals surface area contributed by atoms with E-state index in [1.54, 1.807) is 0 Å². The Balaban J connectivity index is 2.82. The summed E-state index contributed by atoms with van der Waals surface area (Å²) in [6.07, 6.45) is 0. The van der Waals surface area contributed by atoms with E-state index in [0.717, 1.165) is 12.1 Å². The van der Waals surface area contributed by atoms with Gasteiger partial charge in [-0.15, -0.1) is 0 Å². The number of nitrogens with zero attached hydrogens (tertiary/aromatic N) is 1. The molecule has 0 fully saturated rings. The Morgan fingerprint density at radius 2 is 2.15 bits per heavy atom. The summed E-state index contributed by atoms with van der Waals surface area (Å²) in [7, 11) is 2.96. The van der Waals surface area contributed by atoms with E-state index in [-0.39, 0.29) is 19.8 Å². The van der Waals surface area contributed by atoms with Crippen molar-refractivity contribution in [3.63, 3.8) is 0 Å². The van der Waals surface area contributed by atoms with Crippen molar-refractivity contribution in [3.8, 4) is 0 Å². The van der Waals surface area contributed by atoms with Crippen LogP contribution in [-0.2, 0) is 4.74 Å². The molecule has 0 saturated heterocycles. The third kappa shape index (κ3) is 4.43. The molecule has 0 aliphatic rings. The van der Waals surface area contributed by atoms with E-state index in [0.29, 0.717) is 5.56 Å². The van der Waals surface area contributed by atoms with Crippen molar-refractivity contribution in [2.24, 2.45) is 0 Å². The molecule has 0 radical (unpaired) electrons. The number of urea groups is 1. The molecular weight excluding hydrogens is 270 g/mol. The number of amides is 2. The van der Waals surface area contributed by atoms with Crippen molar-refractivity contribution in [2.75, 3.05) is 33.9 Å². The second-order valence-electron chi connectivity index (χ2n) is 4.28. The molecule has 5 nitrogen and oxygen atoms in total. The number of aliphatic hydroxyl groups is 1. The molecule has 1 aromatic carbocycles. The molecular formula is C13H18F2N2O3. The molecule has 1 unspecified atom stereocenters. The molecule has 20 heavy (non-hydrogen) atoms. The maximum atomic E-state index is 13.2. The highest BCUT2D eigenvalue weighted by Gasteiger charge is 2.18. The largest absolute Gasteiger partial charge is 0.395 e. The van der Waals surface area contributed by atoms with Gasteiger partial charge in [0, 0.05) is 20.7 Å². The van der Waals surface area contributed by atoms with E-state index in [4.69, 9.17) is 9.84 Å². The topological polar surface area (TPSA) is 61.8 Å². The fourth-order valence-electron chi connectivity index (χ4n) is 1.63. The van der Waals surface area contributed by atoms with Gasteiger partial charge in [-0.25, -0.2) is 13.6 Å². The van der Waals surface area contributed by atoms with Gasteiger partial charge in [-0.05, 0) is 17.7 Å². The number of carbonyl (C=O) groups excluding carboxylic acids is 1. The zero-order valence-electron chi connectivity index (χ0n) is 11.4. The SMILES string of the molecule is COCC(NC(=O)N(C)CCO)c1ccc(F)c(F)c1. The van der Waals surface area contributed by atoms with Gasteiger partial charge in [-0.2, -0.15) is 0 Å². The Morgan fingerprint density at radius 1 is 1.45 bits per heavy atom. The Hall–Kier alpha value is -1.73. The van der Waals surface area contributed by atoms with Gasteiger partial charge in [-0.3, -0.25) is 0 Å². The molecule has 0 heterocycles.